The second-order valence-corrected chi connectivity index (χ2v) is 22.3. The Morgan fingerprint density at radius 2 is 1.49 bits per heavy atom. The van der Waals surface area contributed by atoms with E-state index in [0.717, 1.165) is 18.4 Å². The molecule has 4 fully saturated rings. The maximum atomic E-state index is 14.7. The number of cyclic esters (lactones) is 1. The van der Waals surface area contributed by atoms with Crippen LogP contribution in [0.2, 0.25) is 0 Å². The molecule has 430 valence electrons. The number of hydrogen-bond acceptors (Lipinski definition) is 16. The molecule has 1 N–H and O–H groups in total. The molecule has 0 spiro atoms. The highest BCUT2D eigenvalue weighted by Gasteiger charge is 2.53. The summed E-state index contributed by atoms with van der Waals surface area (Å²) in [7, 11) is 6.31. The van der Waals surface area contributed by atoms with E-state index in [1.54, 1.807) is 34.1 Å². The lowest BCUT2D eigenvalue weighted by Crippen LogP contribution is -2.61. The minimum atomic E-state index is -2.46. The lowest BCUT2D eigenvalue weighted by atomic mass is 9.78. The third-order valence-electron chi connectivity index (χ3n) is 16.4. The minimum absolute atomic E-state index is 0.0240. The number of allylic oxidation sites excluding steroid dienone is 6. The first kappa shape index (κ1) is 63.3. The number of nitrogens with zero attached hydrogens (tertiary/aromatic N) is 1. The summed E-state index contributed by atoms with van der Waals surface area (Å²) in [6, 6.07) is -1.14. The molecule has 17 nitrogen and oxygen atoms in total. The van der Waals surface area contributed by atoms with Gasteiger partial charge in [0.1, 0.15) is 36.2 Å². The molecule has 0 aromatic carbocycles. The fraction of sp³-hybridized carbons (Fsp3) is 0.780. The molecule has 0 aromatic heterocycles. The second-order valence-electron chi connectivity index (χ2n) is 22.3. The molecule has 1 amide bonds. The largest absolute Gasteiger partial charge is 0.460 e. The number of carbonyl (C=O) groups is 5. The van der Waals surface area contributed by atoms with Crippen molar-refractivity contribution in [3.63, 3.8) is 0 Å². The molecule has 76 heavy (non-hydrogen) atoms. The van der Waals surface area contributed by atoms with E-state index in [1.165, 1.54) is 19.1 Å². The first-order chi connectivity index (χ1) is 36.3. The van der Waals surface area contributed by atoms with Gasteiger partial charge in [-0.2, -0.15) is 0 Å². The molecule has 5 aliphatic rings. The average Bonchev–Trinajstić information content (AvgIpc) is 3.39. The van der Waals surface area contributed by atoms with Crippen molar-refractivity contribution in [3.8, 4) is 0 Å². The van der Waals surface area contributed by atoms with E-state index in [0.29, 0.717) is 83.6 Å². The Bertz CT molecular complexity index is 2000. The van der Waals surface area contributed by atoms with Gasteiger partial charge in [0.25, 0.3) is 11.7 Å². The van der Waals surface area contributed by atoms with Crippen LogP contribution in [0.1, 0.15) is 126 Å². The first-order valence-corrected chi connectivity index (χ1v) is 28.1. The Hall–Kier alpha value is -3.49. The number of amides is 1. The summed E-state index contributed by atoms with van der Waals surface area (Å²) in [5.41, 5.74) is 1.52. The highest BCUT2D eigenvalue weighted by atomic mass is 16.6. The summed E-state index contributed by atoms with van der Waals surface area (Å²) >= 11 is 0. The van der Waals surface area contributed by atoms with Crippen LogP contribution in [0.15, 0.2) is 47.6 Å². The topological polar surface area (TPSA) is 201 Å². The van der Waals surface area contributed by atoms with Crippen molar-refractivity contribution in [2.24, 2.45) is 35.5 Å². The molecular formula is C59H93NO16. The van der Waals surface area contributed by atoms with Crippen LogP contribution in [0.3, 0.4) is 0 Å². The van der Waals surface area contributed by atoms with Gasteiger partial charge in [-0.05, 0) is 107 Å². The van der Waals surface area contributed by atoms with Gasteiger partial charge in [-0.25, -0.2) is 4.79 Å². The van der Waals surface area contributed by atoms with Gasteiger partial charge in [0, 0.05) is 65.6 Å². The third kappa shape index (κ3) is 17.8. The van der Waals surface area contributed by atoms with Crippen LogP contribution in [0.5, 0.6) is 0 Å². The fourth-order valence-electron chi connectivity index (χ4n) is 11.5. The van der Waals surface area contributed by atoms with Gasteiger partial charge in [-0.3, -0.25) is 19.2 Å². The molecular weight excluding hydrogens is 979 g/mol. The number of methoxy groups -OCH3 is 4. The highest BCUT2D eigenvalue weighted by molar-refractivity contribution is 6.39. The first-order valence-electron chi connectivity index (χ1n) is 28.1. The Balaban J connectivity index is 1.47. The molecule has 4 heterocycles. The van der Waals surface area contributed by atoms with E-state index < -0.39 is 71.8 Å². The Kier molecular flexibility index (Phi) is 26.1. The van der Waals surface area contributed by atoms with E-state index in [9.17, 15) is 29.1 Å². The number of carbonyl (C=O) groups excluding carboxylic acids is 5. The van der Waals surface area contributed by atoms with E-state index in [4.69, 9.17) is 47.4 Å². The number of aliphatic hydroxyl groups is 1. The molecule has 1 aliphatic carbocycles. The summed E-state index contributed by atoms with van der Waals surface area (Å²) in [5, 5.41) is 12.2. The molecule has 17 heteroatoms. The van der Waals surface area contributed by atoms with Gasteiger partial charge in [0.05, 0.1) is 64.1 Å². The fourth-order valence-corrected chi connectivity index (χ4v) is 11.5. The van der Waals surface area contributed by atoms with E-state index in [2.05, 4.69) is 6.92 Å². The summed E-state index contributed by atoms with van der Waals surface area (Å²) in [6.45, 7) is 15.9. The number of Topliss-reactive ketones (excluding diaryl/α,β-unsaturated/α-hetero) is 3. The third-order valence-corrected chi connectivity index (χ3v) is 16.4. The van der Waals surface area contributed by atoms with Crippen LogP contribution in [-0.4, -0.2) is 175 Å². The molecule has 0 radical (unpaired) electrons. The number of ketones is 3. The summed E-state index contributed by atoms with van der Waals surface area (Å²) in [6.07, 6.45) is 13.5. The zero-order valence-electron chi connectivity index (χ0n) is 47.6. The van der Waals surface area contributed by atoms with Gasteiger partial charge >= 0.3 is 5.97 Å². The Morgan fingerprint density at radius 1 is 0.763 bits per heavy atom. The lowest BCUT2D eigenvalue weighted by molar-refractivity contribution is -0.266. The van der Waals surface area contributed by atoms with Crippen molar-refractivity contribution in [1.29, 1.82) is 0 Å². The average molecular weight is 1070 g/mol. The van der Waals surface area contributed by atoms with Crippen molar-refractivity contribution < 1.29 is 76.4 Å². The molecule has 3 saturated heterocycles. The van der Waals surface area contributed by atoms with Crippen LogP contribution >= 0.6 is 0 Å². The number of piperidine rings is 1. The zero-order valence-corrected chi connectivity index (χ0v) is 47.6. The van der Waals surface area contributed by atoms with Gasteiger partial charge in [0.15, 0.2) is 5.78 Å². The van der Waals surface area contributed by atoms with E-state index >= 15 is 0 Å². The normalized spacial score (nSPS) is 37.4. The van der Waals surface area contributed by atoms with Gasteiger partial charge in [-0.1, -0.05) is 71.1 Å². The molecule has 5 rings (SSSR count). The summed E-state index contributed by atoms with van der Waals surface area (Å²) in [5.74, 6) is -7.52. The molecule has 0 unspecified atom stereocenters. The van der Waals surface area contributed by atoms with Crippen molar-refractivity contribution in [3.05, 3.63) is 47.6 Å². The maximum Gasteiger partial charge on any atom is 0.329 e. The van der Waals surface area contributed by atoms with Gasteiger partial charge in [0.2, 0.25) is 5.79 Å². The Labute approximate surface area is 453 Å². The monoisotopic (exact) mass is 1070 g/mol. The molecule has 15 atom stereocenters. The number of esters is 1. The van der Waals surface area contributed by atoms with Crippen molar-refractivity contribution >= 4 is 29.2 Å². The standard InChI is InChI=1S/C59H93NO16/c1-37-17-13-12-14-18-38(2)50(74-28-27-72-46-35-71-36-46)33-45-22-20-43(7)59(66,76-45)56(63)57(64)60-24-16-15-19-47(60)58(65)75-51(40(4)31-44-21-23-49(52(32-44)68-9)73-26-25-67-8)34-48(61)39(3)30-42(6)54(69-10)55(70-11)53(62)41(5)29-37/h12-14,17-18,30,37,39-41,43-47,49-52,54-55,66H,15-16,19-29,31-36H2,1-11H3/b14-12+,17-13+,38-18+,42-30+/t37-,39-,40-,41-,43-,44+,45+,47+,49-,50-,51+,52-,54-,55+,59-/m1/s1. The van der Waals surface area contributed by atoms with Crippen molar-refractivity contribution in [1.82, 2.24) is 4.90 Å². The molecule has 1 saturated carbocycles. The summed E-state index contributed by atoms with van der Waals surface area (Å²) < 4.78 is 59.2. The molecule has 0 aromatic rings. The van der Waals surface area contributed by atoms with Crippen molar-refractivity contribution in [2.45, 2.75) is 186 Å². The van der Waals surface area contributed by atoms with E-state index in [1.807, 2.05) is 58.1 Å². The maximum absolute atomic E-state index is 14.7. The van der Waals surface area contributed by atoms with Gasteiger partial charge in [-0.15, -0.1) is 0 Å². The van der Waals surface area contributed by atoms with E-state index in [-0.39, 0.29) is 86.0 Å². The summed E-state index contributed by atoms with van der Waals surface area (Å²) in [4.78, 5) is 73.5. The van der Waals surface area contributed by atoms with Crippen LogP contribution in [-0.2, 0) is 71.3 Å². The highest BCUT2D eigenvalue weighted by Crippen LogP contribution is 2.38. The SMILES string of the molecule is COCCO[C@@H]1CC[C@@H](C[C@@H](C)[C@@H]2CC(=O)[C@H](C)/C=C(\C)[C@@H](OC)[C@@H](OC)C(=O)[C@H](C)C[C@H](C)/C=C/C=C/C=C(\C)[C@H](OCCOC3COC3)C[C@@H]3CC[C@@H](C)[C@@](O)(O3)C(=O)C(=O)N3CCCC[C@H]3C(=O)O2)C[C@H]1OC. The zero-order chi connectivity index (χ0) is 55.5. The number of ether oxygens (including phenoxy) is 10. The minimum Gasteiger partial charge on any atom is -0.460 e. The van der Waals surface area contributed by atoms with Crippen LogP contribution < -0.4 is 0 Å². The lowest BCUT2D eigenvalue weighted by Gasteiger charge is -2.43. The predicted molar refractivity (Wildman–Crippen MR) is 285 cm³/mol. The molecule has 4 aliphatic heterocycles. The predicted octanol–water partition coefficient (Wildman–Crippen LogP) is 7.29. The second kappa shape index (κ2) is 31.3. The quantitative estimate of drug-likeness (QED) is 0.0741. The van der Waals surface area contributed by atoms with Crippen LogP contribution in [0, 0.1) is 35.5 Å². The molecule has 2 bridgehead atoms. The van der Waals surface area contributed by atoms with Crippen molar-refractivity contribution in [2.75, 3.05) is 74.6 Å². The smallest absolute Gasteiger partial charge is 0.329 e. The number of rotatable bonds is 15. The number of hydrogen-bond donors (Lipinski definition) is 1. The van der Waals surface area contributed by atoms with Crippen LogP contribution in [0.4, 0.5) is 0 Å². The Morgan fingerprint density at radius 3 is 2.17 bits per heavy atom. The van der Waals surface area contributed by atoms with Crippen LogP contribution in [0.25, 0.3) is 0 Å². The van der Waals surface area contributed by atoms with Gasteiger partial charge < -0.3 is 57.4 Å². The number of fused-ring (bicyclic) bond motifs is 3.